The second-order valence-corrected chi connectivity index (χ2v) is 5.58. The first-order valence-electron chi connectivity index (χ1n) is 7.08. The zero-order chi connectivity index (χ0) is 16.9. The zero-order valence-corrected chi connectivity index (χ0v) is 13.6. The van der Waals surface area contributed by atoms with E-state index in [1.165, 1.54) is 18.0 Å². The molecule has 1 amide bonds. The van der Waals surface area contributed by atoms with E-state index >= 15 is 0 Å². The van der Waals surface area contributed by atoms with Crippen molar-refractivity contribution in [2.75, 3.05) is 11.6 Å². The van der Waals surface area contributed by atoms with Gasteiger partial charge in [-0.05, 0) is 30.5 Å². The van der Waals surface area contributed by atoms with Gasteiger partial charge in [0.2, 0.25) is 0 Å². The predicted molar refractivity (Wildman–Crippen MR) is 92.3 cm³/mol. The van der Waals surface area contributed by atoms with Gasteiger partial charge in [0, 0.05) is 12.4 Å². The number of carbonyl (C=O) groups excluding carboxylic acids is 1. The van der Waals surface area contributed by atoms with Crippen molar-refractivity contribution >= 4 is 23.5 Å². The van der Waals surface area contributed by atoms with Gasteiger partial charge in [0.05, 0.1) is 11.3 Å². The fourth-order valence-corrected chi connectivity index (χ4v) is 2.87. The highest BCUT2D eigenvalue weighted by Gasteiger charge is 2.20. The lowest BCUT2D eigenvalue weighted by molar-refractivity contribution is 0.102. The first kappa shape index (κ1) is 15.8. The van der Waals surface area contributed by atoms with E-state index in [-0.39, 0.29) is 11.7 Å². The molecule has 3 rings (SSSR count). The summed E-state index contributed by atoms with van der Waals surface area (Å²) < 4.78 is 1.65. The lowest BCUT2D eigenvalue weighted by Crippen LogP contribution is -2.13. The van der Waals surface area contributed by atoms with Gasteiger partial charge in [0.15, 0.2) is 5.82 Å². The first-order valence-corrected chi connectivity index (χ1v) is 8.31. The van der Waals surface area contributed by atoms with Crippen LogP contribution < -0.4 is 5.32 Å². The molecule has 0 spiro atoms. The molecule has 0 radical (unpaired) electrons. The van der Waals surface area contributed by atoms with E-state index in [9.17, 15) is 10.1 Å². The highest BCUT2D eigenvalue weighted by atomic mass is 32.2. The van der Waals surface area contributed by atoms with Crippen LogP contribution in [0.2, 0.25) is 0 Å². The Hall–Kier alpha value is -3.11. The molecule has 0 atom stereocenters. The topological polar surface area (TPSA) is 83.6 Å². The fourth-order valence-electron chi connectivity index (χ4n) is 2.20. The van der Waals surface area contributed by atoms with Crippen molar-refractivity contribution in [1.82, 2.24) is 14.8 Å². The van der Waals surface area contributed by atoms with Gasteiger partial charge in [0.1, 0.15) is 16.7 Å². The van der Waals surface area contributed by atoms with E-state index in [1.807, 2.05) is 36.6 Å². The first-order chi connectivity index (χ1) is 11.7. The predicted octanol–water partition coefficient (Wildman–Crippen LogP) is 3.11. The molecule has 0 saturated carbocycles. The summed E-state index contributed by atoms with van der Waals surface area (Å²) in [5, 5.41) is 17.3. The molecule has 0 aliphatic rings. The van der Waals surface area contributed by atoms with Crippen molar-refractivity contribution in [3.63, 3.8) is 0 Å². The molecule has 1 N–H and O–H groups in total. The smallest absolute Gasteiger partial charge is 0.258 e. The molecular formula is C17H13N5OS. The minimum Gasteiger partial charge on any atom is -0.304 e. The summed E-state index contributed by atoms with van der Waals surface area (Å²) >= 11 is 1.40. The van der Waals surface area contributed by atoms with Crippen LogP contribution in [0.3, 0.4) is 0 Å². The number of hydrogen-bond acceptors (Lipinski definition) is 5. The van der Waals surface area contributed by atoms with Crippen molar-refractivity contribution in [2.24, 2.45) is 0 Å². The van der Waals surface area contributed by atoms with Crippen LogP contribution in [0.1, 0.15) is 15.9 Å². The molecule has 0 unspecified atom stereocenters. The summed E-state index contributed by atoms with van der Waals surface area (Å²) in [7, 11) is 0. The maximum absolute atomic E-state index is 12.3. The van der Waals surface area contributed by atoms with Crippen molar-refractivity contribution < 1.29 is 4.79 Å². The SMILES string of the molecule is CSc1c(C#N)c(NC(=O)c2cccnc2)nn1-c1ccccc1. The van der Waals surface area contributed by atoms with Crippen LogP contribution in [0.5, 0.6) is 0 Å². The standard InChI is InChI=1S/C17H13N5OS/c1-24-17-14(10-18)15(20-16(23)12-6-5-9-19-11-12)21-22(17)13-7-3-2-4-8-13/h2-9,11H,1H3,(H,20,21,23). The molecule has 7 heteroatoms. The fraction of sp³-hybridized carbons (Fsp3) is 0.0588. The van der Waals surface area contributed by atoms with Gasteiger partial charge in [-0.25, -0.2) is 4.68 Å². The maximum atomic E-state index is 12.3. The van der Waals surface area contributed by atoms with E-state index in [1.54, 1.807) is 23.0 Å². The van der Waals surface area contributed by atoms with E-state index < -0.39 is 0 Å². The van der Waals surface area contributed by atoms with Gasteiger partial charge in [0.25, 0.3) is 5.91 Å². The Morgan fingerprint density at radius 3 is 2.67 bits per heavy atom. The number of thioether (sulfide) groups is 1. The van der Waals surface area contributed by atoms with Gasteiger partial charge in [-0.15, -0.1) is 16.9 Å². The Kier molecular flexibility index (Phi) is 4.59. The van der Waals surface area contributed by atoms with Crippen LogP contribution >= 0.6 is 11.8 Å². The quantitative estimate of drug-likeness (QED) is 0.741. The summed E-state index contributed by atoms with van der Waals surface area (Å²) in [5.74, 6) is -0.121. The highest BCUT2D eigenvalue weighted by molar-refractivity contribution is 7.98. The lowest BCUT2D eigenvalue weighted by Gasteiger charge is -2.04. The number of pyridine rings is 1. The molecule has 3 aromatic rings. The summed E-state index contributed by atoms with van der Waals surface area (Å²) in [6.07, 6.45) is 4.92. The van der Waals surface area contributed by atoms with Crippen molar-refractivity contribution in [1.29, 1.82) is 5.26 Å². The third-order valence-electron chi connectivity index (χ3n) is 3.30. The number of aromatic nitrogens is 3. The molecule has 0 fully saturated rings. The third-order valence-corrected chi connectivity index (χ3v) is 4.07. The number of benzene rings is 1. The molecule has 0 aliphatic heterocycles. The molecule has 2 heterocycles. The molecule has 1 aromatic carbocycles. The maximum Gasteiger partial charge on any atom is 0.258 e. The number of hydrogen-bond donors (Lipinski definition) is 1. The lowest BCUT2D eigenvalue weighted by atomic mass is 10.2. The second kappa shape index (κ2) is 6.98. The molecule has 24 heavy (non-hydrogen) atoms. The van der Waals surface area contributed by atoms with Gasteiger partial charge < -0.3 is 5.32 Å². The normalized spacial score (nSPS) is 10.2. The Morgan fingerprint density at radius 2 is 2.04 bits per heavy atom. The van der Waals surface area contributed by atoms with Crippen molar-refractivity contribution in [3.8, 4) is 11.8 Å². The van der Waals surface area contributed by atoms with E-state index in [0.29, 0.717) is 16.2 Å². The number of nitriles is 1. The third kappa shape index (κ3) is 3.00. The van der Waals surface area contributed by atoms with E-state index in [0.717, 1.165) is 5.69 Å². The summed E-state index contributed by atoms with van der Waals surface area (Å²) in [5.41, 5.74) is 1.56. The number of rotatable bonds is 4. The van der Waals surface area contributed by atoms with Gasteiger partial charge in [-0.3, -0.25) is 9.78 Å². The monoisotopic (exact) mass is 335 g/mol. The molecule has 6 nitrogen and oxygen atoms in total. The van der Waals surface area contributed by atoms with Crippen molar-refractivity contribution in [2.45, 2.75) is 5.03 Å². The van der Waals surface area contributed by atoms with Crippen LogP contribution in [-0.2, 0) is 0 Å². The minimum atomic E-state index is -0.357. The van der Waals surface area contributed by atoms with Gasteiger partial charge in [-0.2, -0.15) is 5.26 Å². The molecule has 0 bridgehead atoms. The Morgan fingerprint density at radius 1 is 1.25 bits per heavy atom. The van der Waals surface area contributed by atoms with Crippen LogP contribution in [0.15, 0.2) is 59.9 Å². The van der Waals surface area contributed by atoms with E-state index in [2.05, 4.69) is 21.5 Å². The van der Waals surface area contributed by atoms with Crippen LogP contribution in [0.25, 0.3) is 5.69 Å². The second-order valence-electron chi connectivity index (χ2n) is 4.79. The van der Waals surface area contributed by atoms with Crippen LogP contribution in [0, 0.1) is 11.3 Å². The summed E-state index contributed by atoms with van der Waals surface area (Å²) in [6, 6.07) is 14.9. The van der Waals surface area contributed by atoms with E-state index in [4.69, 9.17) is 0 Å². The summed E-state index contributed by atoms with van der Waals surface area (Å²) in [4.78, 5) is 16.2. The van der Waals surface area contributed by atoms with Gasteiger partial charge >= 0.3 is 0 Å². The Labute approximate surface area is 143 Å². The molecule has 118 valence electrons. The zero-order valence-electron chi connectivity index (χ0n) is 12.8. The van der Waals surface area contributed by atoms with Gasteiger partial charge in [-0.1, -0.05) is 18.2 Å². The number of para-hydroxylation sites is 1. The molecular weight excluding hydrogens is 322 g/mol. The van der Waals surface area contributed by atoms with Crippen molar-refractivity contribution in [3.05, 3.63) is 66.0 Å². The Balaban J connectivity index is 2.01. The number of amides is 1. The highest BCUT2D eigenvalue weighted by Crippen LogP contribution is 2.29. The average molecular weight is 335 g/mol. The molecule has 2 aromatic heterocycles. The Bertz CT molecular complexity index is 900. The molecule has 0 saturated heterocycles. The average Bonchev–Trinajstić information content (AvgIpc) is 3.00. The largest absolute Gasteiger partial charge is 0.304 e. The molecule has 0 aliphatic carbocycles. The number of nitrogens with zero attached hydrogens (tertiary/aromatic N) is 4. The van der Waals surface area contributed by atoms with Crippen LogP contribution in [-0.4, -0.2) is 26.9 Å². The number of nitrogens with one attached hydrogen (secondary N) is 1. The minimum absolute atomic E-state index is 0.236. The number of carbonyl (C=O) groups is 1. The number of anilines is 1. The summed E-state index contributed by atoms with van der Waals surface area (Å²) in [6.45, 7) is 0. The van der Waals surface area contributed by atoms with Crippen LogP contribution in [0.4, 0.5) is 5.82 Å².